The molecule has 60 heavy (non-hydrogen) atoms. The van der Waals surface area contributed by atoms with E-state index < -0.39 is 0 Å². The second kappa shape index (κ2) is 13.3. The van der Waals surface area contributed by atoms with Gasteiger partial charge in [-0.05, 0) is 130 Å². The lowest BCUT2D eigenvalue weighted by molar-refractivity contribution is 0.660. The SMILES string of the molecule is CC1(C)c2ccccc2-c2ccc(N(C3=C(c4ccc5oc6ccc(-c7ccccc7)cc6c5c4)CCC=C3)c3ccc4c5ccccc5n(-c5ccccc5)c4c3)cc21. The fraction of sp³-hybridized carbons (Fsp3) is 0.0877. The number of aromatic nitrogens is 1. The van der Waals surface area contributed by atoms with E-state index in [9.17, 15) is 0 Å². The fourth-order valence-electron chi connectivity index (χ4n) is 10.1. The Balaban J connectivity index is 1.09. The molecule has 0 spiro atoms. The number of para-hydroxylation sites is 2. The molecule has 0 radical (unpaired) electrons. The van der Waals surface area contributed by atoms with Gasteiger partial charge in [0.25, 0.3) is 0 Å². The lowest BCUT2D eigenvalue weighted by Gasteiger charge is -2.32. The molecule has 2 heterocycles. The van der Waals surface area contributed by atoms with Crippen molar-refractivity contribution in [2.24, 2.45) is 0 Å². The summed E-state index contributed by atoms with van der Waals surface area (Å²) in [6.07, 6.45) is 6.60. The Hall–Kier alpha value is -7.36. The van der Waals surface area contributed by atoms with Gasteiger partial charge in [-0.25, -0.2) is 0 Å². The zero-order valence-electron chi connectivity index (χ0n) is 33.7. The Labute approximate surface area is 349 Å². The van der Waals surface area contributed by atoms with Crippen LogP contribution in [-0.2, 0) is 5.41 Å². The molecule has 0 aliphatic heterocycles. The number of hydrogen-bond donors (Lipinski definition) is 0. The first-order valence-electron chi connectivity index (χ1n) is 21.1. The van der Waals surface area contributed by atoms with Gasteiger partial charge in [-0.15, -0.1) is 0 Å². The predicted octanol–water partition coefficient (Wildman–Crippen LogP) is 15.6. The molecular formula is C57H42N2O. The van der Waals surface area contributed by atoms with Crippen molar-refractivity contribution in [2.45, 2.75) is 32.1 Å². The number of furan rings is 1. The van der Waals surface area contributed by atoms with Crippen molar-refractivity contribution in [1.29, 1.82) is 0 Å². The van der Waals surface area contributed by atoms with E-state index in [0.717, 1.165) is 51.8 Å². The van der Waals surface area contributed by atoms with Gasteiger partial charge < -0.3 is 13.9 Å². The van der Waals surface area contributed by atoms with Crippen LogP contribution in [0.25, 0.3) is 77.3 Å². The molecule has 0 fully saturated rings. The quantitative estimate of drug-likeness (QED) is 0.168. The maximum atomic E-state index is 6.46. The lowest BCUT2D eigenvalue weighted by Crippen LogP contribution is -2.20. The van der Waals surface area contributed by atoms with Crippen molar-refractivity contribution < 1.29 is 4.42 Å². The van der Waals surface area contributed by atoms with Crippen LogP contribution in [-0.4, -0.2) is 4.57 Å². The number of fused-ring (bicyclic) bond motifs is 9. The second-order valence-corrected chi connectivity index (χ2v) is 16.8. The average Bonchev–Trinajstić information content (AvgIpc) is 3.91. The van der Waals surface area contributed by atoms with Gasteiger partial charge in [0.15, 0.2) is 0 Å². The number of rotatable bonds is 6. The first kappa shape index (κ1) is 34.7. The van der Waals surface area contributed by atoms with E-state index in [4.69, 9.17) is 4.42 Å². The molecule has 0 atom stereocenters. The molecule has 2 aromatic heterocycles. The molecule has 0 saturated heterocycles. The van der Waals surface area contributed by atoms with Gasteiger partial charge in [0.2, 0.25) is 0 Å². The maximum Gasteiger partial charge on any atom is 0.135 e. The van der Waals surface area contributed by atoms with E-state index in [0.29, 0.717) is 0 Å². The molecule has 0 bridgehead atoms. The summed E-state index contributed by atoms with van der Waals surface area (Å²) in [6, 6.07) is 66.6. The average molecular weight is 771 g/mol. The van der Waals surface area contributed by atoms with Gasteiger partial charge in [0.1, 0.15) is 11.2 Å². The first-order chi connectivity index (χ1) is 29.5. The van der Waals surface area contributed by atoms with Gasteiger partial charge in [-0.2, -0.15) is 0 Å². The molecule has 3 heteroatoms. The summed E-state index contributed by atoms with van der Waals surface area (Å²) in [4.78, 5) is 2.52. The van der Waals surface area contributed by atoms with Gasteiger partial charge in [-0.1, -0.05) is 135 Å². The molecule has 2 aliphatic carbocycles. The summed E-state index contributed by atoms with van der Waals surface area (Å²) in [6.45, 7) is 4.74. The standard InChI is InChI=1S/C57H42N2O/c1-57(2)50-22-12-9-20-44(50)45-29-27-41(35-51(45)57)58(42-28-30-47-46-21-11-14-24-53(46)59(54(47)36-42)40-17-7-4-8-18-40)52-23-13-10-19-43(52)39-26-32-56-49(34-39)48-33-38(25-31-55(48)60-56)37-15-5-3-6-16-37/h3-9,11-18,20-36H,10,19H2,1-2H3. The number of allylic oxidation sites excluding steroid dienone is 3. The van der Waals surface area contributed by atoms with Crippen LogP contribution in [0.1, 0.15) is 43.4 Å². The highest BCUT2D eigenvalue weighted by molar-refractivity contribution is 6.11. The zero-order chi connectivity index (χ0) is 40.0. The van der Waals surface area contributed by atoms with Crippen LogP contribution < -0.4 is 4.90 Å². The van der Waals surface area contributed by atoms with Crippen LogP contribution in [0.4, 0.5) is 11.4 Å². The van der Waals surface area contributed by atoms with Crippen molar-refractivity contribution in [1.82, 2.24) is 4.57 Å². The summed E-state index contributed by atoms with van der Waals surface area (Å²) in [5.41, 5.74) is 19.0. The van der Waals surface area contributed by atoms with E-state index in [1.165, 1.54) is 72.0 Å². The van der Waals surface area contributed by atoms with Crippen molar-refractivity contribution in [3.05, 3.63) is 217 Å². The lowest BCUT2D eigenvalue weighted by atomic mass is 9.82. The summed E-state index contributed by atoms with van der Waals surface area (Å²) in [5.74, 6) is 0. The Morgan fingerprint density at radius 1 is 0.500 bits per heavy atom. The molecule has 10 aromatic rings. The summed E-state index contributed by atoms with van der Waals surface area (Å²) < 4.78 is 8.88. The summed E-state index contributed by atoms with van der Waals surface area (Å²) in [7, 11) is 0. The Morgan fingerprint density at radius 3 is 1.98 bits per heavy atom. The largest absolute Gasteiger partial charge is 0.456 e. The predicted molar refractivity (Wildman–Crippen MR) is 251 cm³/mol. The normalized spacial score (nSPS) is 14.4. The van der Waals surface area contributed by atoms with Gasteiger partial charge in [-0.3, -0.25) is 0 Å². The fourth-order valence-corrected chi connectivity index (χ4v) is 10.1. The molecule has 0 unspecified atom stereocenters. The van der Waals surface area contributed by atoms with Crippen LogP contribution in [0.5, 0.6) is 0 Å². The summed E-state index contributed by atoms with van der Waals surface area (Å²) in [5, 5.41) is 4.77. The van der Waals surface area contributed by atoms with E-state index in [-0.39, 0.29) is 5.41 Å². The van der Waals surface area contributed by atoms with Crippen LogP contribution >= 0.6 is 0 Å². The molecule has 3 nitrogen and oxygen atoms in total. The Bertz CT molecular complexity index is 3400. The Kier molecular flexibility index (Phi) is 7.71. The van der Waals surface area contributed by atoms with Gasteiger partial charge >= 0.3 is 0 Å². The molecule has 2 aliphatic rings. The van der Waals surface area contributed by atoms with Gasteiger partial charge in [0, 0.05) is 49.7 Å². The minimum Gasteiger partial charge on any atom is -0.456 e. The monoisotopic (exact) mass is 770 g/mol. The third kappa shape index (κ3) is 5.29. The second-order valence-electron chi connectivity index (χ2n) is 16.8. The minimum absolute atomic E-state index is 0.136. The van der Waals surface area contributed by atoms with E-state index >= 15 is 0 Å². The molecular weight excluding hydrogens is 729 g/mol. The van der Waals surface area contributed by atoms with Crippen LogP contribution in [0.3, 0.4) is 0 Å². The molecule has 0 saturated carbocycles. The van der Waals surface area contributed by atoms with Gasteiger partial charge in [0.05, 0.1) is 11.0 Å². The van der Waals surface area contributed by atoms with Crippen LogP contribution in [0.15, 0.2) is 204 Å². The molecule has 0 N–H and O–H groups in total. The van der Waals surface area contributed by atoms with Crippen molar-refractivity contribution >= 4 is 60.7 Å². The Morgan fingerprint density at radius 2 is 1.15 bits per heavy atom. The van der Waals surface area contributed by atoms with Crippen molar-refractivity contribution in [3.63, 3.8) is 0 Å². The summed E-state index contributed by atoms with van der Waals surface area (Å²) >= 11 is 0. The first-order valence-corrected chi connectivity index (χ1v) is 21.1. The topological polar surface area (TPSA) is 21.3 Å². The third-order valence-electron chi connectivity index (χ3n) is 13.1. The smallest absolute Gasteiger partial charge is 0.135 e. The number of benzene rings is 8. The molecule has 286 valence electrons. The van der Waals surface area contributed by atoms with E-state index in [1.54, 1.807) is 0 Å². The van der Waals surface area contributed by atoms with Crippen molar-refractivity contribution in [2.75, 3.05) is 4.90 Å². The van der Waals surface area contributed by atoms with Crippen LogP contribution in [0.2, 0.25) is 0 Å². The maximum absolute atomic E-state index is 6.46. The highest BCUT2D eigenvalue weighted by Gasteiger charge is 2.36. The molecule has 0 amide bonds. The third-order valence-corrected chi connectivity index (χ3v) is 13.1. The highest BCUT2D eigenvalue weighted by Crippen LogP contribution is 2.51. The zero-order valence-corrected chi connectivity index (χ0v) is 33.7. The molecule has 12 rings (SSSR count). The minimum atomic E-state index is -0.136. The number of anilines is 2. The number of hydrogen-bond acceptors (Lipinski definition) is 2. The highest BCUT2D eigenvalue weighted by atomic mass is 16.3. The van der Waals surface area contributed by atoms with Crippen LogP contribution in [0, 0.1) is 0 Å². The van der Waals surface area contributed by atoms with E-state index in [1.807, 2.05) is 0 Å². The van der Waals surface area contributed by atoms with E-state index in [2.05, 4.69) is 217 Å². The molecule has 8 aromatic carbocycles. The number of nitrogens with zero attached hydrogens (tertiary/aromatic N) is 2. The van der Waals surface area contributed by atoms with Crippen molar-refractivity contribution in [3.8, 4) is 27.9 Å².